The fourth-order valence-corrected chi connectivity index (χ4v) is 2.16. The van der Waals surface area contributed by atoms with Crippen LogP contribution in [0.5, 0.6) is 5.75 Å². The molecule has 5 heteroatoms. The van der Waals surface area contributed by atoms with E-state index < -0.39 is 0 Å². The minimum absolute atomic E-state index is 0.0788. The predicted octanol–water partition coefficient (Wildman–Crippen LogP) is 2.89. The van der Waals surface area contributed by atoms with Crippen molar-refractivity contribution in [3.05, 3.63) is 54.2 Å². The summed E-state index contributed by atoms with van der Waals surface area (Å²) in [5, 5.41) is 3.73. The summed E-state index contributed by atoms with van der Waals surface area (Å²) in [6.07, 6.45) is 3.45. The van der Waals surface area contributed by atoms with E-state index in [4.69, 9.17) is 13.6 Å². The van der Waals surface area contributed by atoms with Crippen molar-refractivity contribution in [2.24, 2.45) is 0 Å². The first-order valence-corrected chi connectivity index (χ1v) is 6.59. The smallest absolute Gasteiger partial charge is 0.224 e. The monoisotopic (exact) mass is 285 g/mol. The molecule has 0 aliphatic carbocycles. The molecular weight excluding hydrogens is 270 g/mol. The van der Waals surface area contributed by atoms with Crippen molar-refractivity contribution in [1.29, 1.82) is 0 Å². The average molecular weight is 285 g/mol. The van der Waals surface area contributed by atoms with Crippen LogP contribution in [0.4, 0.5) is 0 Å². The largest absolute Gasteiger partial charge is 0.497 e. The van der Waals surface area contributed by atoms with E-state index in [9.17, 15) is 4.79 Å². The molecule has 0 saturated carbocycles. The topological polar surface area (TPSA) is 64.6 Å². The number of hydrogen-bond donors (Lipinski definition) is 1. The lowest BCUT2D eigenvalue weighted by Crippen LogP contribution is -2.24. The maximum absolute atomic E-state index is 12.0. The summed E-state index contributed by atoms with van der Waals surface area (Å²) in [5.74, 6) is 1.38. The van der Waals surface area contributed by atoms with Crippen LogP contribution in [0.3, 0.4) is 0 Å². The molecule has 0 radical (unpaired) electrons. The van der Waals surface area contributed by atoms with Gasteiger partial charge in [-0.25, -0.2) is 0 Å². The SMILES string of the molecule is COc1ccc2c(CC(=O)NCc3ccco3)coc2c1. The van der Waals surface area contributed by atoms with Crippen LogP contribution in [0.15, 0.2) is 51.7 Å². The lowest BCUT2D eigenvalue weighted by molar-refractivity contribution is -0.120. The van der Waals surface area contributed by atoms with Gasteiger partial charge in [-0.1, -0.05) is 0 Å². The summed E-state index contributed by atoms with van der Waals surface area (Å²) in [6, 6.07) is 9.16. The molecule has 0 atom stereocenters. The number of furan rings is 2. The second-order valence-electron chi connectivity index (χ2n) is 4.66. The van der Waals surface area contributed by atoms with Crippen LogP contribution in [-0.2, 0) is 17.8 Å². The number of methoxy groups -OCH3 is 1. The maximum Gasteiger partial charge on any atom is 0.224 e. The van der Waals surface area contributed by atoms with E-state index >= 15 is 0 Å². The molecule has 3 aromatic rings. The molecule has 21 heavy (non-hydrogen) atoms. The molecule has 0 saturated heterocycles. The van der Waals surface area contributed by atoms with Crippen LogP contribution >= 0.6 is 0 Å². The number of nitrogens with one attached hydrogen (secondary N) is 1. The summed E-state index contributed by atoms with van der Waals surface area (Å²) in [4.78, 5) is 12.0. The molecule has 108 valence electrons. The van der Waals surface area contributed by atoms with Crippen LogP contribution < -0.4 is 10.1 Å². The second kappa shape index (κ2) is 5.75. The summed E-state index contributed by atoms with van der Waals surface area (Å²) in [7, 11) is 1.60. The first-order chi connectivity index (χ1) is 10.3. The molecule has 2 heterocycles. The average Bonchev–Trinajstić information content (AvgIpc) is 3.14. The third-order valence-corrected chi connectivity index (χ3v) is 3.25. The molecule has 3 rings (SSSR count). The van der Waals surface area contributed by atoms with Gasteiger partial charge in [-0.2, -0.15) is 0 Å². The first kappa shape index (κ1) is 13.3. The van der Waals surface area contributed by atoms with Crippen LogP contribution in [0.1, 0.15) is 11.3 Å². The molecule has 1 amide bonds. The van der Waals surface area contributed by atoms with Gasteiger partial charge in [0.2, 0.25) is 5.91 Å². The van der Waals surface area contributed by atoms with E-state index in [-0.39, 0.29) is 12.3 Å². The van der Waals surface area contributed by atoms with Gasteiger partial charge >= 0.3 is 0 Å². The zero-order valence-corrected chi connectivity index (χ0v) is 11.6. The fraction of sp³-hybridized carbons (Fsp3) is 0.188. The van der Waals surface area contributed by atoms with Crippen LogP contribution in [0, 0.1) is 0 Å². The molecule has 5 nitrogen and oxygen atoms in total. The minimum atomic E-state index is -0.0788. The maximum atomic E-state index is 12.0. The normalized spacial score (nSPS) is 10.7. The lowest BCUT2D eigenvalue weighted by atomic mass is 10.1. The Labute approximate surface area is 121 Å². The Kier molecular flexibility index (Phi) is 3.64. The molecule has 2 aromatic heterocycles. The molecule has 0 bridgehead atoms. The number of hydrogen-bond acceptors (Lipinski definition) is 4. The number of ether oxygens (including phenoxy) is 1. The number of carbonyl (C=O) groups is 1. The van der Waals surface area contributed by atoms with Crippen molar-refractivity contribution in [2.45, 2.75) is 13.0 Å². The van der Waals surface area contributed by atoms with Crippen molar-refractivity contribution in [2.75, 3.05) is 7.11 Å². The number of carbonyl (C=O) groups excluding carboxylic acids is 1. The van der Waals surface area contributed by atoms with Crippen LogP contribution in [0.25, 0.3) is 11.0 Å². The van der Waals surface area contributed by atoms with Crippen molar-refractivity contribution in [3.63, 3.8) is 0 Å². The molecule has 0 unspecified atom stereocenters. The number of benzene rings is 1. The third-order valence-electron chi connectivity index (χ3n) is 3.25. The first-order valence-electron chi connectivity index (χ1n) is 6.59. The Balaban J connectivity index is 1.68. The van der Waals surface area contributed by atoms with Gasteiger partial charge in [-0.15, -0.1) is 0 Å². The molecule has 0 aliphatic heterocycles. The van der Waals surface area contributed by atoms with Crippen LogP contribution in [-0.4, -0.2) is 13.0 Å². The van der Waals surface area contributed by atoms with Crippen molar-refractivity contribution in [3.8, 4) is 5.75 Å². The highest BCUT2D eigenvalue weighted by molar-refractivity contribution is 5.88. The zero-order valence-electron chi connectivity index (χ0n) is 11.6. The Morgan fingerprint density at radius 2 is 2.19 bits per heavy atom. The van der Waals surface area contributed by atoms with Gasteiger partial charge in [0, 0.05) is 17.0 Å². The predicted molar refractivity (Wildman–Crippen MR) is 77.0 cm³/mol. The van der Waals surface area contributed by atoms with Gasteiger partial charge in [0.05, 0.1) is 32.6 Å². The van der Waals surface area contributed by atoms with E-state index in [0.717, 1.165) is 22.5 Å². The van der Waals surface area contributed by atoms with Crippen molar-refractivity contribution < 1.29 is 18.4 Å². The summed E-state index contributed by atoms with van der Waals surface area (Å²) in [5.41, 5.74) is 1.56. The van der Waals surface area contributed by atoms with Crippen molar-refractivity contribution >= 4 is 16.9 Å². The summed E-state index contributed by atoms with van der Waals surface area (Å²) < 4.78 is 15.8. The molecular formula is C16H15NO4. The molecule has 1 N–H and O–H groups in total. The van der Waals surface area contributed by atoms with E-state index in [1.54, 1.807) is 31.8 Å². The van der Waals surface area contributed by atoms with E-state index in [0.29, 0.717) is 12.1 Å². The van der Waals surface area contributed by atoms with Gasteiger partial charge < -0.3 is 18.9 Å². The Morgan fingerprint density at radius 1 is 1.29 bits per heavy atom. The van der Waals surface area contributed by atoms with Gasteiger partial charge in [-0.3, -0.25) is 4.79 Å². The quantitative estimate of drug-likeness (QED) is 0.783. The zero-order chi connectivity index (χ0) is 14.7. The standard InChI is InChI=1S/C16H15NO4/c1-19-12-4-5-14-11(10-21-15(14)8-12)7-16(18)17-9-13-3-2-6-20-13/h2-6,8,10H,7,9H2,1H3,(H,17,18). The lowest BCUT2D eigenvalue weighted by Gasteiger charge is -2.02. The Morgan fingerprint density at radius 3 is 2.95 bits per heavy atom. The van der Waals surface area contributed by atoms with Crippen molar-refractivity contribution in [1.82, 2.24) is 5.32 Å². The fourth-order valence-electron chi connectivity index (χ4n) is 2.16. The molecule has 1 aromatic carbocycles. The highest BCUT2D eigenvalue weighted by atomic mass is 16.5. The number of amides is 1. The third kappa shape index (κ3) is 2.91. The second-order valence-corrected chi connectivity index (χ2v) is 4.66. The minimum Gasteiger partial charge on any atom is -0.497 e. The van der Waals surface area contributed by atoms with Gasteiger partial charge in [0.25, 0.3) is 0 Å². The van der Waals surface area contributed by atoms with Gasteiger partial charge in [0.1, 0.15) is 17.1 Å². The molecule has 0 aliphatic rings. The highest BCUT2D eigenvalue weighted by Gasteiger charge is 2.11. The van der Waals surface area contributed by atoms with Crippen LogP contribution in [0.2, 0.25) is 0 Å². The summed E-state index contributed by atoms with van der Waals surface area (Å²) in [6.45, 7) is 0.384. The molecule has 0 fully saturated rings. The summed E-state index contributed by atoms with van der Waals surface area (Å²) >= 11 is 0. The Bertz CT molecular complexity index is 743. The van der Waals surface area contributed by atoms with E-state index in [1.807, 2.05) is 18.2 Å². The van der Waals surface area contributed by atoms with Gasteiger partial charge in [0.15, 0.2) is 0 Å². The van der Waals surface area contributed by atoms with E-state index in [1.165, 1.54) is 0 Å². The highest BCUT2D eigenvalue weighted by Crippen LogP contribution is 2.25. The number of fused-ring (bicyclic) bond motifs is 1. The van der Waals surface area contributed by atoms with E-state index in [2.05, 4.69) is 5.32 Å². The van der Waals surface area contributed by atoms with Gasteiger partial charge in [-0.05, 0) is 24.3 Å². The molecule has 0 spiro atoms. The Hall–Kier alpha value is -2.69. The number of rotatable bonds is 5.